The highest BCUT2D eigenvalue weighted by atomic mass is 16.7. The molecular weight excluding hydrogens is 390 g/mol. The van der Waals surface area contributed by atoms with E-state index in [1.165, 1.54) is 0 Å². The summed E-state index contributed by atoms with van der Waals surface area (Å²) in [5.74, 6) is -1.26. The van der Waals surface area contributed by atoms with Gasteiger partial charge in [-0.25, -0.2) is 4.68 Å². The third kappa shape index (κ3) is 5.63. The minimum atomic E-state index is -1.08. The van der Waals surface area contributed by atoms with Crippen molar-refractivity contribution in [3.63, 3.8) is 0 Å². The summed E-state index contributed by atoms with van der Waals surface area (Å²) in [5.41, 5.74) is 2.78. The van der Waals surface area contributed by atoms with E-state index >= 15 is 0 Å². The van der Waals surface area contributed by atoms with Gasteiger partial charge in [0.1, 0.15) is 17.9 Å². The van der Waals surface area contributed by atoms with Crippen LogP contribution in [-0.2, 0) is 20.8 Å². The van der Waals surface area contributed by atoms with Crippen molar-refractivity contribution in [1.82, 2.24) is 15.0 Å². The summed E-state index contributed by atoms with van der Waals surface area (Å²) in [6, 6.07) is 7.92. The molecule has 1 aliphatic heterocycles. The minimum absolute atomic E-state index is 0.0873. The summed E-state index contributed by atoms with van der Waals surface area (Å²) < 4.78 is 13.2. The van der Waals surface area contributed by atoms with Gasteiger partial charge in [-0.1, -0.05) is 35.9 Å². The molecule has 1 aromatic carbocycles. The third-order valence-corrected chi connectivity index (χ3v) is 5.29. The lowest BCUT2D eigenvalue weighted by atomic mass is 9.92. The topological polar surface area (TPSA) is 127 Å². The van der Waals surface area contributed by atoms with E-state index in [2.05, 4.69) is 10.3 Å². The van der Waals surface area contributed by atoms with E-state index < -0.39 is 36.5 Å². The van der Waals surface area contributed by atoms with E-state index in [0.29, 0.717) is 25.1 Å². The van der Waals surface area contributed by atoms with Gasteiger partial charge in [-0.2, -0.15) is 0 Å². The average molecular weight is 419 g/mol. The first-order chi connectivity index (χ1) is 14.3. The SMILES string of the molecule is Cc1cccc(-c2cn(CC3OC(OCCCCC(=O)O)C(C)C(O)C3O)nn2)c1. The highest BCUT2D eigenvalue weighted by Crippen LogP contribution is 2.28. The number of benzene rings is 1. The van der Waals surface area contributed by atoms with E-state index in [4.69, 9.17) is 14.6 Å². The van der Waals surface area contributed by atoms with Crippen LogP contribution in [0.15, 0.2) is 30.5 Å². The van der Waals surface area contributed by atoms with Crippen LogP contribution >= 0.6 is 0 Å². The molecule has 0 saturated carbocycles. The fraction of sp³-hybridized carbons (Fsp3) is 0.571. The molecule has 30 heavy (non-hydrogen) atoms. The highest BCUT2D eigenvalue weighted by Gasteiger charge is 2.42. The van der Waals surface area contributed by atoms with Gasteiger partial charge in [0.2, 0.25) is 0 Å². The van der Waals surface area contributed by atoms with Gasteiger partial charge in [-0.05, 0) is 25.8 Å². The number of ether oxygens (including phenoxy) is 2. The summed E-state index contributed by atoms with van der Waals surface area (Å²) in [6.07, 6.45) is -0.561. The molecule has 0 radical (unpaired) electrons. The lowest BCUT2D eigenvalue weighted by molar-refractivity contribution is -0.279. The van der Waals surface area contributed by atoms with Crippen LogP contribution in [0.1, 0.15) is 31.7 Å². The Labute approximate surface area is 175 Å². The lowest BCUT2D eigenvalue weighted by Gasteiger charge is -2.41. The number of aromatic nitrogens is 3. The number of carbonyl (C=O) groups is 1. The van der Waals surface area contributed by atoms with E-state index in [1.54, 1.807) is 17.8 Å². The maximum Gasteiger partial charge on any atom is 0.303 e. The molecule has 0 aliphatic carbocycles. The van der Waals surface area contributed by atoms with Gasteiger partial charge in [0.25, 0.3) is 0 Å². The quantitative estimate of drug-likeness (QED) is 0.523. The first-order valence-corrected chi connectivity index (χ1v) is 10.2. The Morgan fingerprint density at radius 1 is 1.27 bits per heavy atom. The molecule has 9 nitrogen and oxygen atoms in total. The Bertz CT molecular complexity index is 842. The van der Waals surface area contributed by atoms with Crippen LogP contribution in [0.5, 0.6) is 0 Å². The van der Waals surface area contributed by atoms with Crippen molar-refractivity contribution in [2.75, 3.05) is 6.61 Å². The van der Waals surface area contributed by atoms with E-state index in [1.807, 2.05) is 31.2 Å². The molecule has 0 amide bonds. The van der Waals surface area contributed by atoms with Gasteiger partial charge in [0.05, 0.1) is 18.8 Å². The van der Waals surface area contributed by atoms with Crippen molar-refractivity contribution < 1.29 is 29.6 Å². The molecule has 5 unspecified atom stereocenters. The van der Waals surface area contributed by atoms with Crippen LogP contribution in [0.3, 0.4) is 0 Å². The van der Waals surface area contributed by atoms with Crippen LogP contribution in [0.4, 0.5) is 0 Å². The Kier molecular flexibility index (Phi) is 7.54. The highest BCUT2D eigenvalue weighted by molar-refractivity contribution is 5.66. The number of carboxylic acids is 1. The van der Waals surface area contributed by atoms with Gasteiger partial charge in [0, 0.05) is 24.5 Å². The molecule has 2 aromatic rings. The molecule has 9 heteroatoms. The Balaban J connectivity index is 1.60. The van der Waals surface area contributed by atoms with E-state index in [9.17, 15) is 15.0 Å². The summed E-state index contributed by atoms with van der Waals surface area (Å²) in [5, 5.41) is 37.9. The van der Waals surface area contributed by atoms with Gasteiger partial charge in [-0.3, -0.25) is 4.79 Å². The number of nitrogens with zero attached hydrogens (tertiary/aromatic N) is 3. The number of rotatable bonds is 9. The Morgan fingerprint density at radius 3 is 2.80 bits per heavy atom. The molecule has 1 fully saturated rings. The molecule has 1 aromatic heterocycles. The van der Waals surface area contributed by atoms with Crippen molar-refractivity contribution in [3.8, 4) is 11.3 Å². The predicted molar refractivity (Wildman–Crippen MR) is 107 cm³/mol. The molecule has 3 rings (SSSR count). The number of aliphatic carboxylic acids is 1. The van der Waals surface area contributed by atoms with Crippen molar-refractivity contribution in [2.24, 2.45) is 5.92 Å². The zero-order valence-electron chi connectivity index (χ0n) is 17.2. The number of aliphatic hydroxyl groups is 2. The molecule has 1 aliphatic rings. The maximum absolute atomic E-state index is 10.6. The molecule has 0 spiro atoms. The first kappa shape index (κ1) is 22.4. The van der Waals surface area contributed by atoms with Gasteiger partial charge in [-0.15, -0.1) is 5.10 Å². The molecular formula is C21H29N3O6. The number of carboxylic acid groups (broad SMARTS) is 1. The van der Waals surface area contributed by atoms with Crippen LogP contribution < -0.4 is 0 Å². The zero-order chi connectivity index (χ0) is 21.7. The minimum Gasteiger partial charge on any atom is -0.481 e. The number of aryl methyl sites for hydroxylation is 1. The predicted octanol–water partition coefficient (Wildman–Crippen LogP) is 1.61. The number of hydrogen-bond donors (Lipinski definition) is 3. The number of unbranched alkanes of at least 4 members (excludes halogenated alkanes) is 1. The van der Waals surface area contributed by atoms with Crippen molar-refractivity contribution in [3.05, 3.63) is 36.0 Å². The second kappa shape index (κ2) is 10.1. The van der Waals surface area contributed by atoms with Crippen LogP contribution in [0.2, 0.25) is 0 Å². The van der Waals surface area contributed by atoms with Crippen LogP contribution in [-0.4, -0.2) is 67.5 Å². The van der Waals surface area contributed by atoms with Gasteiger partial charge < -0.3 is 24.8 Å². The molecule has 2 heterocycles. The first-order valence-electron chi connectivity index (χ1n) is 10.2. The molecule has 5 atom stereocenters. The van der Waals surface area contributed by atoms with E-state index in [-0.39, 0.29) is 13.0 Å². The fourth-order valence-electron chi connectivity index (χ4n) is 3.50. The number of hydrogen-bond acceptors (Lipinski definition) is 7. The second-order valence-corrected chi connectivity index (χ2v) is 7.80. The molecule has 0 bridgehead atoms. The van der Waals surface area contributed by atoms with Gasteiger partial charge in [0.15, 0.2) is 6.29 Å². The second-order valence-electron chi connectivity index (χ2n) is 7.80. The number of aliphatic hydroxyl groups excluding tert-OH is 2. The summed E-state index contributed by atoms with van der Waals surface area (Å²) in [6.45, 7) is 4.28. The maximum atomic E-state index is 10.6. The third-order valence-electron chi connectivity index (χ3n) is 5.29. The van der Waals surface area contributed by atoms with Crippen molar-refractivity contribution in [2.45, 2.75) is 64.3 Å². The molecule has 1 saturated heterocycles. The fourth-order valence-corrected chi connectivity index (χ4v) is 3.50. The Morgan fingerprint density at radius 2 is 2.07 bits per heavy atom. The zero-order valence-corrected chi connectivity index (χ0v) is 17.2. The normalized spacial score (nSPS) is 26.6. The van der Waals surface area contributed by atoms with Crippen LogP contribution in [0.25, 0.3) is 11.3 Å². The van der Waals surface area contributed by atoms with Crippen molar-refractivity contribution in [1.29, 1.82) is 0 Å². The smallest absolute Gasteiger partial charge is 0.303 e. The average Bonchev–Trinajstić information content (AvgIpc) is 3.17. The molecule has 164 valence electrons. The molecule has 3 N–H and O–H groups in total. The standard InChI is InChI=1S/C21H29N3O6/c1-13-6-5-7-15(10-13)16-11-24(23-22-16)12-17-20(28)19(27)14(2)21(30-17)29-9-4-3-8-18(25)26/h5-7,10-11,14,17,19-21,27-28H,3-4,8-9,12H2,1-2H3,(H,25,26). The van der Waals surface area contributed by atoms with Crippen molar-refractivity contribution >= 4 is 5.97 Å². The van der Waals surface area contributed by atoms with Gasteiger partial charge >= 0.3 is 5.97 Å². The summed E-state index contributed by atoms with van der Waals surface area (Å²) in [7, 11) is 0. The Hall–Kier alpha value is -2.33. The summed E-state index contributed by atoms with van der Waals surface area (Å²) >= 11 is 0. The van der Waals surface area contributed by atoms with Crippen LogP contribution in [0, 0.1) is 12.8 Å². The largest absolute Gasteiger partial charge is 0.481 e. The lowest BCUT2D eigenvalue weighted by Crippen LogP contribution is -2.55. The summed E-state index contributed by atoms with van der Waals surface area (Å²) in [4.78, 5) is 10.6. The monoisotopic (exact) mass is 419 g/mol. The van der Waals surface area contributed by atoms with E-state index in [0.717, 1.165) is 11.1 Å².